The van der Waals surface area contributed by atoms with Crippen LogP contribution in [-0.4, -0.2) is 48.0 Å². The minimum Gasteiger partial charge on any atom is -0.391 e. The van der Waals surface area contributed by atoms with Gasteiger partial charge < -0.3 is 10.4 Å². The molecule has 3 atom stereocenters. The third kappa shape index (κ3) is 4.41. The Morgan fingerprint density at radius 1 is 1.22 bits per heavy atom. The van der Waals surface area contributed by atoms with Crippen LogP contribution in [0.2, 0.25) is 0 Å². The fourth-order valence-electron chi connectivity index (χ4n) is 3.94. The molecule has 2 aliphatic rings. The molecule has 0 aromatic heterocycles. The lowest BCUT2D eigenvalue weighted by Gasteiger charge is -2.30. The van der Waals surface area contributed by atoms with Gasteiger partial charge in [-0.15, -0.1) is 0 Å². The van der Waals surface area contributed by atoms with E-state index in [2.05, 4.69) is 5.32 Å². The van der Waals surface area contributed by atoms with Gasteiger partial charge in [-0.05, 0) is 43.7 Å². The second-order valence-electron chi connectivity index (χ2n) is 7.65. The summed E-state index contributed by atoms with van der Waals surface area (Å²) in [5.74, 6) is 0.275. The molecule has 2 fully saturated rings. The second kappa shape index (κ2) is 8.12. The van der Waals surface area contributed by atoms with Gasteiger partial charge in [0.25, 0.3) is 5.69 Å². The molecular weight excluding hydrogens is 370 g/mol. The van der Waals surface area contributed by atoms with Gasteiger partial charge in [0, 0.05) is 19.2 Å². The molecule has 1 saturated carbocycles. The minimum atomic E-state index is -3.76. The van der Waals surface area contributed by atoms with E-state index in [9.17, 15) is 23.6 Å². The minimum absolute atomic E-state index is 0.0574. The summed E-state index contributed by atoms with van der Waals surface area (Å²) in [4.78, 5) is 10.9. The SMILES string of the molecule is C[C@@H]1CCCN(S(=O)(=O)c2ccc(N[C@H]3CCCC[C@H]3O)c([N+](=O)[O-])c2)C1. The fourth-order valence-corrected chi connectivity index (χ4v) is 5.56. The molecule has 0 unspecified atom stereocenters. The van der Waals surface area contributed by atoms with Crippen molar-refractivity contribution in [2.45, 2.75) is 62.5 Å². The first kappa shape index (κ1) is 20.0. The van der Waals surface area contributed by atoms with Gasteiger partial charge >= 0.3 is 0 Å². The van der Waals surface area contributed by atoms with Gasteiger partial charge in [-0.2, -0.15) is 4.31 Å². The van der Waals surface area contributed by atoms with E-state index in [1.165, 1.54) is 16.4 Å². The van der Waals surface area contributed by atoms with E-state index in [1.54, 1.807) is 0 Å². The van der Waals surface area contributed by atoms with Gasteiger partial charge in [0.05, 0.1) is 22.0 Å². The second-order valence-corrected chi connectivity index (χ2v) is 9.59. The quantitative estimate of drug-likeness (QED) is 0.583. The van der Waals surface area contributed by atoms with Crippen LogP contribution in [0.3, 0.4) is 0 Å². The van der Waals surface area contributed by atoms with Crippen LogP contribution in [0.1, 0.15) is 45.4 Å². The number of piperidine rings is 1. The Morgan fingerprint density at radius 3 is 2.63 bits per heavy atom. The number of nitro benzene ring substituents is 1. The highest BCUT2D eigenvalue weighted by Gasteiger charge is 2.31. The van der Waals surface area contributed by atoms with Gasteiger partial charge in [-0.3, -0.25) is 10.1 Å². The summed E-state index contributed by atoms with van der Waals surface area (Å²) in [6.07, 6.45) is 4.49. The first-order valence-electron chi connectivity index (χ1n) is 9.52. The van der Waals surface area contributed by atoms with Gasteiger partial charge in [0.1, 0.15) is 5.69 Å². The number of rotatable bonds is 5. The molecule has 9 heteroatoms. The van der Waals surface area contributed by atoms with Gasteiger partial charge in [0.2, 0.25) is 10.0 Å². The van der Waals surface area contributed by atoms with Crippen molar-refractivity contribution in [3.05, 3.63) is 28.3 Å². The highest BCUT2D eigenvalue weighted by Crippen LogP contribution is 2.32. The van der Waals surface area contributed by atoms with Crippen LogP contribution in [0.4, 0.5) is 11.4 Å². The molecule has 0 spiro atoms. The van der Waals surface area contributed by atoms with Crippen molar-refractivity contribution in [1.82, 2.24) is 4.31 Å². The lowest BCUT2D eigenvalue weighted by Crippen LogP contribution is -2.39. The van der Waals surface area contributed by atoms with Crippen molar-refractivity contribution in [3.8, 4) is 0 Å². The molecule has 1 aromatic carbocycles. The summed E-state index contributed by atoms with van der Waals surface area (Å²) in [6.45, 7) is 2.88. The number of nitrogens with one attached hydrogen (secondary N) is 1. The summed E-state index contributed by atoms with van der Waals surface area (Å²) < 4.78 is 27.2. The smallest absolute Gasteiger partial charge is 0.293 e. The zero-order valence-corrected chi connectivity index (χ0v) is 16.3. The predicted molar refractivity (Wildman–Crippen MR) is 102 cm³/mol. The van der Waals surface area contributed by atoms with E-state index >= 15 is 0 Å². The molecular formula is C18H27N3O5S. The number of nitrogens with zero attached hydrogens (tertiary/aromatic N) is 2. The lowest BCUT2D eigenvalue weighted by molar-refractivity contribution is -0.384. The summed E-state index contributed by atoms with van der Waals surface area (Å²) in [5, 5.41) is 24.7. The highest BCUT2D eigenvalue weighted by molar-refractivity contribution is 7.89. The Kier molecular flexibility index (Phi) is 6.02. The van der Waals surface area contributed by atoms with Gasteiger partial charge in [-0.1, -0.05) is 19.8 Å². The molecule has 8 nitrogen and oxygen atoms in total. The van der Waals surface area contributed by atoms with Crippen LogP contribution in [0, 0.1) is 16.0 Å². The number of benzene rings is 1. The van der Waals surface area contributed by atoms with E-state index in [0.717, 1.165) is 38.2 Å². The Morgan fingerprint density at radius 2 is 1.96 bits per heavy atom. The number of sulfonamides is 1. The average Bonchev–Trinajstić information content (AvgIpc) is 2.63. The van der Waals surface area contributed by atoms with Crippen LogP contribution in [0.5, 0.6) is 0 Å². The number of nitro groups is 1. The summed E-state index contributed by atoms with van der Waals surface area (Å²) >= 11 is 0. The maximum atomic E-state index is 12.9. The van der Waals surface area contributed by atoms with E-state index in [1.807, 2.05) is 6.92 Å². The Balaban J connectivity index is 1.88. The Labute approximate surface area is 159 Å². The van der Waals surface area contributed by atoms with Crippen molar-refractivity contribution in [2.24, 2.45) is 5.92 Å². The molecule has 1 aromatic rings. The molecule has 2 N–H and O–H groups in total. The number of aliphatic hydroxyl groups excluding tert-OH is 1. The fraction of sp³-hybridized carbons (Fsp3) is 0.667. The molecule has 150 valence electrons. The Bertz CT molecular complexity index is 798. The van der Waals surface area contributed by atoms with Crippen LogP contribution in [0.15, 0.2) is 23.1 Å². The zero-order valence-electron chi connectivity index (χ0n) is 15.5. The molecule has 1 aliphatic heterocycles. The highest BCUT2D eigenvalue weighted by atomic mass is 32.2. The largest absolute Gasteiger partial charge is 0.391 e. The molecule has 0 radical (unpaired) electrons. The number of aliphatic hydroxyl groups is 1. The Hall–Kier alpha value is -1.71. The number of anilines is 1. The van der Waals surface area contributed by atoms with Crippen molar-refractivity contribution < 1.29 is 18.4 Å². The summed E-state index contributed by atoms with van der Waals surface area (Å²) in [7, 11) is -3.76. The first-order chi connectivity index (χ1) is 12.8. The van der Waals surface area contributed by atoms with E-state index in [0.29, 0.717) is 19.5 Å². The average molecular weight is 397 g/mol. The topological polar surface area (TPSA) is 113 Å². The summed E-state index contributed by atoms with van der Waals surface area (Å²) in [6, 6.07) is 3.73. The molecule has 1 saturated heterocycles. The third-order valence-corrected chi connectivity index (χ3v) is 7.35. The van der Waals surface area contributed by atoms with Crippen LogP contribution < -0.4 is 5.32 Å². The molecule has 0 amide bonds. The zero-order chi connectivity index (χ0) is 19.6. The van der Waals surface area contributed by atoms with E-state index < -0.39 is 21.1 Å². The summed E-state index contributed by atoms with van der Waals surface area (Å²) in [5.41, 5.74) is -0.0316. The number of hydrogen-bond acceptors (Lipinski definition) is 6. The normalized spacial score (nSPS) is 27.3. The third-order valence-electron chi connectivity index (χ3n) is 5.49. The number of hydrogen-bond donors (Lipinski definition) is 2. The van der Waals surface area contributed by atoms with Crippen molar-refractivity contribution in [3.63, 3.8) is 0 Å². The standard InChI is InChI=1S/C18H27N3O5S/c1-13-5-4-10-20(12-13)27(25,26)14-8-9-15(17(11-14)21(23)24)19-16-6-2-3-7-18(16)22/h8-9,11,13,16,18-19,22H,2-7,10,12H2,1H3/t13-,16+,18-/m1/s1. The van der Waals surface area contributed by atoms with E-state index in [-0.39, 0.29) is 28.2 Å². The molecule has 3 rings (SSSR count). The maximum Gasteiger partial charge on any atom is 0.293 e. The monoisotopic (exact) mass is 397 g/mol. The van der Waals surface area contributed by atoms with Gasteiger partial charge in [-0.25, -0.2) is 8.42 Å². The molecule has 0 bridgehead atoms. The van der Waals surface area contributed by atoms with E-state index in [4.69, 9.17) is 0 Å². The lowest BCUT2D eigenvalue weighted by atomic mass is 9.92. The molecule has 1 heterocycles. The molecule has 27 heavy (non-hydrogen) atoms. The first-order valence-corrected chi connectivity index (χ1v) is 11.0. The van der Waals surface area contributed by atoms with Crippen LogP contribution >= 0.6 is 0 Å². The van der Waals surface area contributed by atoms with Crippen molar-refractivity contribution >= 4 is 21.4 Å². The maximum absolute atomic E-state index is 12.9. The van der Waals surface area contributed by atoms with Crippen LogP contribution in [-0.2, 0) is 10.0 Å². The van der Waals surface area contributed by atoms with Gasteiger partial charge in [0.15, 0.2) is 0 Å². The van der Waals surface area contributed by atoms with Crippen molar-refractivity contribution in [2.75, 3.05) is 18.4 Å². The predicted octanol–water partition coefficient (Wildman–Crippen LogP) is 2.73. The molecule has 1 aliphatic carbocycles. The van der Waals surface area contributed by atoms with Crippen LogP contribution in [0.25, 0.3) is 0 Å². The van der Waals surface area contributed by atoms with Crippen molar-refractivity contribution in [1.29, 1.82) is 0 Å².